The molecule has 2 heterocycles. The van der Waals surface area contributed by atoms with Crippen LogP contribution in [0.4, 0.5) is 0 Å². The molecule has 0 aromatic rings. The molecule has 0 aromatic carbocycles. The number of carbonyl (C=O) groups excluding carboxylic acids is 1. The molecule has 92 valence electrons. The summed E-state index contributed by atoms with van der Waals surface area (Å²) >= 11 is 0. The normalized spacial score (nSPS) is 25.1. The summed E-state index contributed by atoms with van der Waals surface area (Å²) in [7, 11) is 0. The Kier molecular flexibility index (Phi) is 2.97. The van der Waals surface area contributed by atoms with Gasteiger partial charge in [-0.05, 0) is 6.42 Å². The molecular weight excluding hydrogens is 206 g/mol. The van der Waals surface area contributed by atoms with Crippen LogP contribution in [0, 0.1) is 5.41 Å². The van der Waals surface area contributed by atoms with Crippen molar-refractivity contribution in [2.24, 2.45) is 5.41 Å². The van der Waals surface area contributed by atoms with Gasteiger partial charge in [0, 0.05) is 18.4 Å². The Balaban J connectivity index is 2.04. The van der Waals surface area contributed by atoms with Gasteiger partial charge in [0.05, 0.1) is 19.8 Å². The van der Waals surface area contributed by atoms with Crippen molar-refractivity contribution in [2.75, 3.05) is 26.3 Å². The van der Waals surface area contributed by atoms with E-state index < -0.39 is 5.79 Å². The van der Waals surface area contributed by atoms with Crippen molar-refractivity contribution in [2.45, 2.75) is 39.4 Å². The lowest BCUT2D eigenvalue weighted by molar-refractivity contribution is -0.195. The molecule has 0 aromatic heterocycles. The number of rotatable bonds is 0. The average molecular weight is 227 g/mol. The molecule has 4 nitrogen and oxygen atoms in total. The van der Waals surface area contributed by atoms with Gasteiger partial charge in [-0.3, -0.25) is 4.79 Å². The monoisotopic (exact) mass is 227 g/mol. The first kappa shape index (κ1) is 11.9. The Hall–Kier alpha value is -0.610. The standard InChI is InChI=1S/C12H21NO3/c1-11(2,3)10(14)13-6-4-5-12(9-13)15-7-8-16-12/h4-9H2,1-3H3. The summed E-state index contributed by atoms with van der Waals surface area (Å²) in [5.41, 5.74) is -0.322. The van der Waals surface area contributed by atoms with E-state index in [2.05, 4.69) is 0 Å². The van der Waals surface area contributed by atoms with Crippen LogP contribution in [0.5, 0.6) is 0 Å². The lowest BCUT2D eigenvalue weighted by atomic mass is 9.92. The predicted octanol–water partition coefficient (Wildman–Crippen LogP) is 1.40. The third-order valence-electron chi connectivity index (χ3n) is 3.16. The van der Waals surface area contributed by atoms with E-state index in [1.165, 1.54) is 0 Å². The van der Waals surface area contributed by atoms with E-state index in [9.17, 15) is 4.79 Å². The van der Waals surface area contributed by atoms with Crippen molar-refractivity contribution in [1.29, 1.82) is 0 Å². The average Bonchev–Trinajstić information content (AvgIpc) is 2.64. The zero-order valence-corrected chi connectivity index (χ0v) is 10.4. The van der Waals surface area contributed by atoms with Gasteiger partial charge in [0.2, 0.25) is 5.91 Å². The zero-order chi connectivity index (χ0) is 11.8. The Morgan fingerprint density at radius 2 is 1.88 bits per heavy atom. The van der Waals surface area contributed by atoms with E-state index in [4.69, 9.17) is 9.47 Å². The maximum absolute atomic E-state index is 12.2. The van der Waals surface area contributed by atoms with Crippen LogP contribution in [0.2, 0.25) is 0 Å². The Morgan fingerprint density at radius 1 is 1.25 bits per heavy atom. The van der Waals surface area contributed by atoms with Crippen LogP contribution in [-0.4, -0.2) is 42.9 Å². The molecule has 2 aliphatic rings. The van der Waals surface area contributed by atoms with Gasteiger partial charge in [0.25, 0.3) is 0 Å². The highest BCUT2D eigenvalue weighted by Crippen LogP contribution is 2.32. The fourth-order valence-corrected chi connectivity index (χ4v) is 2.37. The maximum atomic E-state index is 12.2. The van der Waals surface area contributed by atoms with Gasteiger partial charge in [-0.15, -0.1) is 0 Å². The summed E-state index contributed by atoms with van der Waals surface area (Å²) in [5.74, 6) is -0.315. The van der Waals surface area contributed by atoms with Crippen molar-refractivity contribution in [3.8, 4) is 0 Å². The second-order valence-electron chi connectivity index (χ2n) is 5.69. The molecule has 2 fully saturated rings. The third kappa shape index (κ3) is 2.23. The molecular formula is C12H21NO3. The first-order chi connectivity index (χ1) is 7.43. The summed E-state index contributed by atoms with van der Waals surface area (Å²) in [5, 5.41) is 0. The molecule has 0 unspecified atom stereocenters. The summed E-state index contributed by atoms with van der Waals surface area (Å²) in [6.45, 7) is 8.57. The molecule has 0 radical (unpaired) electrons. The molecule has 2 saturated heterocycles. The van der Waals surface area contributed by atoms with Gasteiger partial charge in [0.1, 0.15) is 0 Å². The number of hydrogen-bond acceptors (Lipinski definition) is 3. The molecule has 16 heavy (non-hydrogen) atoms. The molecule has 0 atom stereocenters. The maximum Gasteiger partial charge on any atom is 0.228 e. The van der Waals surface area contributed by atoms with Crippen LogP contribution in [0.1, 0.15) is 33.6 Å². The van der Waals surface area contributed by atoms with Gasteiger partial charge >= 0.3 is 0 Å². The first-order valence-electron chi connectivity index (χ1n) is 6.00. The molecule has 2 rings (SSSR count). The minimum Gasteiger partial charge on any atom is -0.346 e. The van der Waals surface area contributed by atoms with Gasteiger partial charge in [0.15, 0.2) is 5.79 Å². The van der Waals surface area contributed by atoms with Crippen LogP contribution in [0.25, 0.3) is 0 Å². The van der Waals surface area contributed by atoms with Gasteiger partial charge in [-0.1, -0.05) is 20.8 Å². The van der Waals surface area contributed by atoms with Crippen LogP contribution in [0.15, 0.2) is 0 Å². The fraction of sp³-hybridized carbons (Fsp3) is 0.917. The molecule has 2 aliphatic heterocycles. The lowest BCUT2D eigenvalue weighted by Gasteiger charge is -2.40. The smallest absolute Gasteiger partial charge is 0.228 e. The van der Waals surface area contributed by atoms with Gasteiger partial charge in [-0.25, -0.2) is 0 Å². The van der Waals surface area contributed by atoms with Crippen LogP contribution < -0.4 is 0 Å². The number of likely N-dealkylation sites (tertiary alicyclic amines) is 1. The molecule has 4 heteroatoms. The largest absolute Gasteiger partial charge is 0.346 e. The van der Waals surface area contributed by atoms with Crippen LogP contribution >= 0.6 is 0 Å². The Labute approximate surface area is 96.9 Å². The molecule has 0 saturated carbocycles. The highest BCUT2D eigenvalue weighted by Gasteiger charge is 2.43. The van der Waals surface area contributed by atoms with Gasteiger partial charge in [-0.2, -0.15) is 0 Å². The Bertz CT molecular complexity index is 276. The fourth-order valence-electron chi connectivity index (χ4n) is 2.37. The van der Waals surface area contributed by atoms with E-state index in [1.54, 1.807) is 0 Å². The number of amides is 1. The predicted molar refractivity (Wildman–Crippen MR) is 59.9 cm³/mol. The summed E-state index contributed by atoms with van der Waals surface area (Å²) < 4.78 is 11.3. The second-order valence-corrected chi connectivity index (χ2v) is 5.69. The van der Waals surface area contributed by atoms with Crippen LogP contribution in [0.3, 0.4) is 0 Å². The topological polar surface area (TPSA) is 38.8 Å². The quantitative estimate of drug-likeness (QED) is 0.628. The van der Waals surface area contributed by atoms with E-state index in [0.29, 0.717) is 19.8 Å². The van der Waals surface area contributed by atoms with Crippen molar-refractivity contribution >= 4 is 5.91 Å². The van der Waals surface area contributed by atoms with Crippen molar-refractivity contribution in [3.05, 3.63) is 0 Å². The van der Waals surface area contributed by atoms with E-state index in [0.717, 1.165) is 19.4 Å². The zero-order valence-electron chi connectivity index (χ0n) is 10.4. The molecule has 0 aliphatic carbocycles. The minimum absolute atomic E-state index is 0.186. The number of carbonyl (C=O) groups is 1. The second kappa shape index (κ2) is 4.00. The van der Waals surface area contributed by atoms with Gasteiger partial charge < -0.3 is 14.4 Å². The molecule has 1 spiro atoms. The molecule has 0 bridgehead atoms. The molecule has 1 amide bonds. The minimum atomic E-state index is -0.501. The highest BCUT2D eigenvalue weighted by molar-refractivity contribution is 5.81. The van der Waals surface area contributed by atoms with Crippen molar-refractivity contribution in [3.63, 3.8) is 0 Å². The number of hydrogen-bond donors (Lipinski definition) is 0. The van der Waals surface area contributed by atoms with Crippen molar-refractivity contribution in [1.82, 2.24) is 4.90 Å². The van der Waals surface area contributed by atoms with E-state index in [1.807, 2.05) is 25.7 Å². The highest BCUT2D eigenvalue weighted by atomic mass is 16.7. The number of piperidine rings is 1. The van der Waals surface area contributed by atoms with Crippen molar-refractivity contribution < 1.29 is 14.3 Å². The summed E-state index contributed by atoms with van der Waals surface area (Å²) in [6.07, 6.45) is 1.86. The number of ether oxygens (including phenoxy) is 2. The molecule has 0 N–H and O–H groups in total. The van der Waals surface area contributed by atoms with E-state index in [-0.39, 0.29) is 11.3 Å². The SMILES string of the molecule is CC(C)(C)C(=O)N1CCCC2(C1)OCCO2. The summed E-state index contributed by atoms with van der Waals surface area (Å²) in [4.78, 5) is 14.1. The first-order valence-corrected chi connectivity index (χ1v) is 6.00. The Morgan fingerprint density at radius 3 is 2.44 bits per heavy atom. The number of nitrogens with zero attached hydrogens (tertiary/aromatic N) is 1. The lowest BCUT2D eigenvalue weighted by Crippen LogP contribution is -2.53. The van der Waals surface area contributed by atoms with E-state index >= 15 is 0 Å². The van der Waals surface area contributed by atoms with Crippen LogP contribution in [-0.2, 0) is 14.3 Å². The summed E-state index contributed by atoms with van der Waals surface area (Å²) in [6, 6.07) is 0. The third-order valence-corrected chi connectivity index (χ3v) is 3.16.